The summed E-state index contributed by atoms with van der Waals surface area (Å²) in [6.07, 6.45) is 0. The average molecular weight is 317 g/mol. The lowest BCUT2D eigenvalue weighted by molar-refractivity contribution is -0.141. The summed E-state index contributed by atoms with van der Waals surface area (Å²) < 4.78 is 33.6. The summed E-state index contributed by atoms with van der Waals surface area (Å²) in [6, 6.07) is 3.11. The second-order valence-corrected chi connectivity index (χ2v) is 4.63. The van der Waals surface area contributed by atoms with E-state index in [1.165, 1.54) is 32.2 Å². The Hall–Kier alpha value is -2.38. The van der Waals surface area contributed by atoms with E-state index in [1.54, 1.807) is 6.92 Å². The second-order valence-electron chi connectivity index (χ2n) is 4.63. The summed E-state index contributed by atoms with van der Waals surface area (Å²) in [5, 5.41) is 11.4. The molecule has 0 aromatic heterocycles. The predicted molar refractivity (Wildman–Crippen MR) is 73.4 cm³/mol. The van der Waals surface area contributed by atoms with Crippen LogP contribution < -0.4 is 14.8 Å². The number of aliphatic carboxylic acids is 1. The van der Waals surface area contributed by atoms with Gasteiger partial charge in [0.05, 0.1) is 13.0 Å². The van der Waals surface area contributed by atoms with Crippen LogP contribution in [-0.4, -0.2) is 36.7 Å². The van der Waals surface area contributed by atoms with E-state index in [0.29, 0.717) is 0 Å². The van der Waals surface area contributed by atoms with Gasteiger partial charge in [-0.1, -0.05) is 0 Å². The number of hydrogen-bond acceptors (Lipinski definition) is 4. The zero-order valence-corrected chi connectivity index (χ0v) is 12.3. The van der Waals surface area contributed by atoms with E-state index in [1.807, 2.05) is 0 Å². The van der Waals surface area contributed by atoms with Gasteiger partial charge in [-0.3, -0.25) is 9.59 Å². The van der Waals surface area contributed by atoms with Crippen molar-refractivity contribution in [2.45, 2.75) is 26.5 Å². The van der Waals surface area contributed by atoms with Crippen LogP contribution in [0.1, 0.15) is 24.2 Å². The Bertz CT molecular complexity index is 550. The van der Waals surface area contributed by atoms with Gasteiger partial charge in [-0.25, -0.2) is 0 Å². The molecule has 0 aliphatic rings. The number of benzene rings is 1. The molecule has 1 rings (SSSR count). The molecule has 0 spiro atoms. The second kappa shape index (κ2) is 7.58. The number of alkyl halides is 2. The molecule has 1 amide bonds. The van der Waals surface area contributed by atoms with Crippen LogP contribution in [-0.2, 0) is 4.79 Å². The molecule has 1 aromatic carbocycles. The van der Waals surface area contributed by atoms with Crippen molar-refractivity contribution in [2.24, 2.45) is 5.92 Å². The van der Waals surface area contributed by atoms with Crippen LogP contribution in [0.5, 0.6) is 11.5 Å². The Kier molecular flexibility index (Phi) is 6.09. The topological polar surface area (TPSA) is 84.9 Å². The summed E-state index contributed by atoms with van der Waals surface area (Å²) in [7, 11) is 1.25. The van der Waals surface area contributed by atoms with E-state index >= 15 is 0 Å². The quantitative estimate of drug-likeness (QED) is 0.805. The lowest BCUT2D eigenvalue weighted by Crippen LogP contribution is -2.40. The minimum atomic E-state index is -3.01. The number of carboxylic acids is 1. The highest BCUT2D eigenvalue weighted by Crippen LogP contribution is 2.29. The molecule has 2 unspecified atom stereocenters. The van der Waals surface area contributed by atoms with Gasteiger partial charge in [0.2, 0.25) is 0 Å². The van der Waals surface area contributed by atoms with Crippen molar-refractivity contribution in [3.05, 3.63) is 23.8 Å². The van der Waals surface area contributed by atoms with E-state index < -0.39 is 30.4 Å². The van der Waals surface area contributed by atoms with Gasteiger partial charge in [-0.15, -0.1) is 0 Å². The zero-order chi connectivity index (χ0) is 16.9. The van der Waals surface area contributed by atoms with Gasteiger partial charge in [0.15, 0.2) is 11.5 Å². The summed E-state index contributed by atoms with van der Waals surface area (Å²) in [6.45, 7) is 0.0142. The van der Waals surface area contributed by atoms with E-state index in [9.17, 15) is 18.4 Å². The van der Waals surface area contributed by atoms with Gasteiger partial charge in [-0.2, -0.15) is 8.78 Å². The van der Waals surface area contributed by atoms with Crippen LogP contribution in [0.3, 0.4) is 0 Å². The smallest absolute Gasteiger partial charge is 0.387 e. The Morgan fingerprint density at radius 1 is 1.23 bits per heavy atom. The fourth-order valence-corrected chi connectivity index (χ4v) is 1.63. The van der Waals surface area contributed by atoms with Gasteiger partial charge in [-0.05, 0) is 32.0 Å². The molecule has 2 atom stereocenters. The van der Waals surface area contributed by atoms with Crippen LogP contribution in [0.2, 0.25) is 0 Å². The molecular weight excluding hydrogens is 300 g/mol. The molecule has 2 N–H and O–H groups in total. The molecule has 22 heavy (non-hydrogen) atoms. The number of carbonyl (C=O) groups excluding carboxylic acids is 1. The van der Waals surface area contributed by atoms with Gasteiger partial charge >= 0.3 is 12.6 Å². The predicted octanol–water partition coefficient (Wildman–Crippen LogP) is 2.14. The number of rotatable bonds is 7. The van der Waals surface area contributed by atoms with Crippen LogP contribution in [0.4, 0.5) is 8.78 Å². The average Bonchev–Trinajstić information content (AvgIpc) is 2.45. The number of hydrogen-bond donors (Lipinski definition) is 2. The lowest BCUT2D eigenvalue weighted by atomic mass is 10.0. The minimum absolute atomic E-state index is 0.0214. The highest BCUT2D eigenvalue weighted by atomic mass is 19.3. The molecule has 0 saturated carbocycles. The Balaban J connectivity index is 2.88. The molecule has 0 radical (unpaired) electrons. The first-order chi connectivity index (χ1) is 10.3. The number of carboxylic acid groups (broad SMARTS) is 1. The Labute approximate surface area is 126 Å². The van der Waals surface area contributed by atoms with Crippen molar-refractivity contribution in [3.8, 4) is 11.5 Å². The summed E-state index contributed by atoms with van der Waals surface area (Å²) >= 11 is 0. The molecule has 6 nitrogen and oxygen atoms in total. The number of amides is 1. The molecule has 0 aliphatic carbocycles. The first-order valence-corrected chi connectivity index (χ1v) is 6.42. The van der Waals surface area contributed by atoms with Gasteiger partial charge in [0.25, 0.3) is 5.91 Å². The molecule has 0 saturated heterocycles. The maximum Gasteiger partial charge on any atom is 0.387 e. The van der Waals surface area contributed by atoms with Gasteiger partial charge in [0, 0.05) is 11.6 Å². The molecule has 8 heteroatoms. The number of nitrogens with one attached hydrogen (secondary N) is 1. The third kappa shape index (κ3) is 4.57. The van der Waals surface area contributed by atoms with E-state index in [2.05, 4.69) is 10.1 Å². The Morgan fingerprint density at radius 2 is 1.86 bits per heavy atom. The maximum atomic E-state index is 12.2. The van der Waals surface area contributed by atoms with Gasteiger partial charge in [0.1, 0.15) is 0 Å². The van der Waals surface area contributed by atoms with E-state index in [0.717, 1.165) is 0 Å². The number of ether oxygens (including phenoxy) is 2. The number of halogens is 2. The minimum Gasteiger partial charge on any atom is -0.493 e. The molecule has 0 heterocycles. The highest BCUT2D eigenvalue weighted by Gasteiger charge is 2.22. The third-order valence-electron chi connectivity index (χ3n) is 3.14. The van der Waals surface area contributed by atoms with Crippen molar-refractivity contribution in [3.63, 3.8) is 0 Å². The molecular formula is C14H17F2NO5. The highest BCUT2D eigenvalue weighted by molar-refractivity contribution is 5.95. The summed E-state index contributed by atoms with van der Waals surface area (Å²) in [4.78, 5) is 22.9. The monoisotopic (exact) mass is 317 g/mol. The molecule has 0 aliphatic heterocycles. The largest absolute Gasteiger partial charge is 0.493 e. The van der Waals surface area contributed by atoms with Crippen LogP contribution in [0.25, 0.3) is 0 Å². The maximum absolute atomic E-state index is 12.2. The van der Waals surface area contributed by atoms with E-state index in [4.69, 9.17) is 9.84 Å². The van der Waals surface area contributed by atoms with E-state index in [-0.39, 0.29) is 17.1 Å². The van der Waals surface area contributed by atoms with Crippen molar-refractivity contribution in [2.75, 3.05) is 7.11 Å². The fourth-order valence-electron chi connectivity index (χ4n) is 1.63. The molecule has 0 bridgehead atoms. The van der Waals surface area contributed by atoms with Crippen LogP contribution in [0, 0.1) is 5.92 Å². The standard InChI is InChI=1S/C14H17F2NO5/c1-7(13(19)20)8(2)17-12(18)9-4-5-10(22-14(15)16)11(6-9)21-3/h4-8,14H,1-3H3,(H,17,18)(H,19,20). The van der Waals surface area contributed by atoms with Crippen LogP contribution >= 0.6 is 0 Å². The third-order valence-corrected chi connectivity index (χ3v) is 3.14. The summed E-state index contributed by atoms with van der Waals surface area (Å²) in [5.41, 5.74) is 0.142. The number of methoxy groups -OCH3 is 1. The first-order valence-electron chi connectivity index (χ1n) is 6.42. The number of carbonyl (C=O) groups is 2. The Morgan fingerprint density at radius 3 is 2.36 bits per heavy atom. The summed E-state index contributed by atoms with van der Waals surface area (Å²) in [5.74, 6) is -2.56. The molecule has 122 valence electrons. The van der Waals surface area contributed by atoms with Crippen LogP contribution in [0.15, 0.2) is 18.2 Å². The SMILES string of the molecule is COc1cc(C(=O)NC(C)C(C)C(=O)O)ccc1OC(F)F. The molecule has 1 aromatic rings. The van der Waals surface area contributed by atoms with Crippen molar-refractivity contribution in [1.82, 2.24) is 5.32 Å². The lowest BCUT2D eigenvalue weighted by Gasteiger charge is -2.18. The van der Waals surface area contributed by atoms with Crippen molar-refractivity contribution in [1.29, 1.82) is 0 Å². The normalized spacial score (nSPS) is 13.4. The first kappa shape index (κ1) is 17.7. The fraction of sp³-hybridized carbons (Fsp3) is 0.429. The van der Waals surface area contributed by atoms with Gasteiger partial charge < -0.3 is 19.9 Å². The van der Waals surface area contributed by atoms with Crippen molar-refractivity contribution < 1.29 is 33.0 Å². The van der Waals surface area contributed by atoms with Crippen molar-refractivity contribution >= 4 is 11.9 Å². The zero-order valence-electron chi connectivity index (χ0n) is 12.3. The molecule has 0 fully saturated rings.